The molecule has 1 fully saturated rings. The number of nitrogens with zero attached hydrogens (tertiary/aromatic N) is 1. The standard InChI is InChI=1S/C14H24N4OS/c1-4-16-14-18-12(15)11(20-14)13(19)17-10-6-5-8(2)7-9(10)3/h8-10H,4-7,15H2,1-3H3,(H,16,18)(H,17,19). The Hall–Kier alpha value is -1.30. The molecule has 1 aromatic rings. The molecule has 3 unspecified atom stereocenters. The highest BCUT2D eigenvalue weighted by molar-refractivity contribution is 7.18. The lowest BCUT2D eigenvalue weighted by molar-refractivity contribution is 0.0904. The van der Waals surface area contributed by atoms with Crippen molar-refractivity contribution in [2.24, 2.45) is 11.8 Å². The van der Waals surface area contributed by atoms with E-state index in [1.165, 1.54) is 24.2 Å². The summed E-state index contributed by atoms with van der Waals surface area (Å²) in [5, 5.41) is 6.92. The molecule has 112 valence electrons. The Bertz CT molecular complexity index is 474. The van der Waals surface area contributed by atoms with Crippen molar-refractivity contribution in [2.75, 3.05) is 17.6 Å². The molecule has 0 spiro atoms. The first-order chi connectivity index (χ1) is 9.51. The summed E-state index contributed by atoms with van der Waals surface area (Å²) in [7, 11) is 0. The van der Waals surface area contributed by atoms with Crippen LogP contribution in [-0.4, -0.2) is 23.5 Å². The van der Waals surface area contributed by atoms with Gasteiger partial charge in [0.25, 0.3) is 5.91 Å². The van der Waals surface area contributed by atoms with E-state index >= 15 is 0 Å². The molecule has 0 aliphatic heterocycles. The van der Waals surface area contributed by atoms with Crippen LogP contribution in [-0.2, 0) is 0 Å². The van der Waals surface area contributed by atoms with Crippen LogP contribution in [0.2, 0.25) is 0 Å². The molecule has 0 saturated heterocycles. The number of aromatic nitrogens is 1. The first-order valence-corrected chi connectivity index (χ1v) is 8.14. The number of hydrogen-bond donors (Lipinski definition) is 3. The van der Waals surface area contributed by atoms with Gasteiger partial charge in [0.15, 0.2) is 5.13 Å². The van der Waals surface area contributed by atoms with Crippen LogP contribution < -0.4 is 16.4 Å². The summed E-state index contributed by atoms with van der Waals surface area (Å²) >= 11 is 1.32. The molecule has 2 rings (SSSR count). The number of nitrogen functional groups attached to an aromatic ring is 1. The second kappa shape index (κ2) is 6.43. The quantitative estimate of drug-likeness (QED) is 0.798. The maximum Gasteiger partial charge on any atom is 0.265 e. The van der Waals surface area contributed by atoms with Gasteiger partial charge >= 0.3 is 0 Å². The monoisotopic (exact) mass is 296 g/mol. The number of anilines is 2. The molecule has 1 aromatic heterocycles. The first kappa shape index (κ1) is 15.1. The topological polar surface area (TPSA) is 80.0 Å². The number of carbonyl (C=O) groups excluding carboxylic acids is 1. The van der Waals surface area contributed by atoms with Crippen molar-refractivity contribution < 1.29 is 4.79 Å². The predicted octanol–water partition coefficient (Wildman–Crippen LogP) is 2.71. The molecule has 0 radical (unpaired) electrons. The van der Waals surface area contributed by atoms with Gasteiger partial charge in [-0.1, -0.05) is 25.2 Å². The largest absolute Gasteiger partial charge is 0.382 e. The molecule has 1 aliphatic rings. The molecule has 1 aliphatic carbocycles. The summed E-state index contributed by atoms with van der Waals surface area (Å²) < 4.78 is 0. The number of amides is 1. The van der Waals surface area contributed by atoms with Gasteiger partial charge in [0.05, 0.1) is 0 Å². The summed E-state index contributed by atoms with van der Waals surface area (Å²) in [6.45, 7) is 7.24. The van der Waals surface area contributed by atoms with Crippen LogP contribution in [0.3, 0.4) is 0 Å². The van der Waals surface area contributed by atoms with Crippen LogP contribution in [0.4, 0.5) is 10.9 Å². The molecule has 5 nitrogen and oxygen atoms in total. The van der Waals surface area contributed by atoms with E-state index in [4.69, 9.17) is 5.73 Å². The molecule has 1 saturated carbocycles. The summed E-state index contributed by atoms with van der Waals surface area (Å²) in [6.07, 6.45) is 3.40. The third-order valence-corrected chi connectivity index (χ3v) is 4.96. The molecule has 4 N–H and O–H groups in total. The van der Waals surface area contributed by atoms with Crippen molar-refractivity contribution in [3.05, 3.63) is 4.88 Å². The highest BCUT2D eigenvalue weighted by Gasteiger charge is 2.28. The molecule has 6 heteroatoms. The molecule has 20 heavy (non-hydrogen) atoms. The summed E-state index contributed by atoms with van der Waals surface area (Å²) in [6, 6.07) is 0.253. The number of nitrogens with one attached hydrogen (secondary N) is 2. The number of hydrogen-bond acceptors (Lipinski definition) is 5. The number of nitrogens with two attached hydrogens (primary N) is 1. The van der Waals surface area contributed by atoms with Gasteiger partial charge in [0.2, 0.25) is 0 Å². The lowest BCUT2D eigenvalue weighted by atomic mass is 9.80. The van der Waals surface area contributed by atoms with E-state index in [1.54, 1.807) is 0 Å². The number of carbonyl (C=O) groups is 1. The zero-order valence-electron chi connectivity index (χ0n) is 12.4. The molecule has 0 bridgehead atoms. The van der Waals surface area contributed by atoms with E-state index in [2.05, 4.69) is 29.5 Å². The van der Waals surface area contributed by atoms with Crippen LogP contribution in [0.15, 0.2) is 0 Å². The minimum absolute atomic E-state index is 0.0874. The fraction of sp³-hybridized carbons (Fsp3) is 0.714. The zero-order valence-corrected chi connectivity index (χ0v) is 13.2. The maximum atomic E-state index is 12.3. The van der Waals surface area contributed by atoms with E-state index in [-0.39, 0.29) is 11.9 Å². The fourth-order valence-corrected chi connectivity index (χ4v) is 3.69. The van der Waals surface area contributed by atoms with Crippen molar-refractivity contribution in [3.63, 3.8) is 0 Å². The van der Waals surface area contributed by atoms with Gasteiger partial charge in [-0.3, -0.25) is 4.79 Å². The Kier molecular flexibility index (Phi) is 4.86. The molecular formula is C14H24N4OS. The number of rotatable bonds is 4. The summed E-state index contributed by atoms with van der Waals surface area (Å²) in [4.78, 5) is 17.0. The van der Waals surface area contributed by atoms with Crippen molar-refractivity contribution in [1.82, 2.24) is 10.3 Å². The van der Waals surface area contributed by atoms with Crippen molar-refractivity contribution >= 4 is 28.2 Å². The smallest absolute Gasteiger partial charge is 0.265 e. The Morgan fingerprint density at radius 2 is 2.20 bits per heavy atom. The maximum absolute atomic E-state index is 12.3. The van der Waals surface area contributed by atoms with E-state index in [0.29, 0.717) is 21.7 Å². The van der Waals surface area contributed by atoms with Gasteiger partial charge in [0.1, 0.15) is 10.7 Å². The predicted molar refractivity (Wildman–Crippen MR) is 84.1 cm³/mol. The average molecular weight is 296 g/mol. The van der Waals surface area contributed by atoms with Gasteiger partial charge < -0.3 is 16.4 Å². The summed E-state index contributed by atoms with van der Waals surface area (Å²) in [5.74, 6) is 1.51. The second-order valence-corrected chi connectivity index (χ2v) is 6.74. The van der Waals surface area contributed by atoms with Gasteiger partial charge in [0, 0.05) is 12.6 Å². The van der Waals surface area contributed by atoms with E-state index in [1.807, 2.05) is 6.92 Å². The minimum atomic E-state index is -0.0874. The van der Waals surface area contributed by atoms with E-state index < -0.39 is 0 Å². The van der Waals surface area contributed by atoms with Crippen molar-refractivity contribution in [2.45, 2.75) is 46.1 Å². The Morgan fingerprint density at radius 1 is 1.45 bits per heavy atom. The molecule has 1 amide bonds. The van der Waals surface area contributed by atoms with Crippen LogP contribution in [0, 0.1) is 11.8 Å². The van der Waals surface area contributed by atoms with E-state index in [9.17, 15) is 4.79 Å². The third kappa shape index (κ3) is 3.42. The molecule has 0 aromatic carbocycles. The van der Waals surface area contributed by atoms with Gasteiger partial charge in [-0.15, -0.1) is 0 Å². The Balaban J connectivity index is 2.01. The minimum Gasteiger partial charge on any atom is -0.382 e. The van der Waals surface area contributed by atoms with Crippen molar-refractivity contribution in [1.29, 1.82) is 0 Å². The second-order valence-electron chi connectivity index (χ2n) is 5.74. The first-order valence-electron chi connectivity index (χ1n) is 7.32. The zero-order chi connectivity index (χ0) is 14.7. The van der Waals surface area contributed by atoms with Gasteiger partial charge in [-0.2, -0.15) is 0 Å². The Labute approximate surface area is 124 Å². The highest BCUT2D eigenvalue weighted by Crippen LogP contribution is 2.30. The number of thiazole rings is 1. The highest BCUT2D eigenvalue weighted by atomic mass is 32.1. The molecule has 1 heterocycles. The average Bonchev–Trinajstić information content (AvgIpc) is 2.74. The van der Waals surface area contributed by atoms with Crippen LogP contribution in [0.1, 0.15) is 49.7 Å². The van der Waals surface area contributed by atoms with Crippen molar-refractivity contribution in [3.8, 4) is 0 Å². The third-order valence-electron chi connectivity index (χ3n) is 3.94. The van der Waals surface area contributed by atoms with Crippen LogP contribution >= 0.6 is 11.3 Å². The SMILES string of the molecule is CCNc1nc(N)c(C(=O)NC2CCC(C)CC2C)s1. The fourth-order valence-electron chi connectivity index (χ4n) is 2.84. The summed E-state index contributed by atoms with van der Waals surface area (Å²) in [5.41, 5.74) is 5.83. The normalized spacial score (nSPS) is 26.2. The molecule has 3 atom stereocenters. The lowest BCUT2D eigenvalue weighted by Gasteiger charge is -2.33. The van der Waals surface area contributed by atoms with Gasteiger partial charge in [-0.25, -0.2) is 4.98 Å². The Morgan fingerprint density at radius 3 is 2.85 bits per heavy atom. The van der Waals surface area contributed by atoms with E-state index in [0.717, 1.165) is 18.9 Å². The lowest BCUT2D eigenvalue weighted by Crippen LogP contribution is -2.42. The van der Waals surface area contributed by atoms with Crippen LogP contribution in [0.25, 0.3) is 0 Å². The van der Waals surface area contributed by atoms with Gasteiger partial charge in [-0.05, 0) is 38.0 Å². The van der Waals surface area contributed by atoms with Crippen LogP contribution in [0.5, 0.6) is 0 Å². The molecular weight excluding hydrogens is 272 g/mol.